The SMILES string of the molecule is CCCCCCCCCCCCCCCCC([NH])=O. The van der Waals surface area contributed by atoms with Gasteiger partial charge >= 0.3 is 0 Å². The van der Waals surface area contributed by atoms with Gasteiger partial charge in [0.05, 0.1) is 0 Å². The minimum atomic E-state index is -0.404. The quantitative estimate of drug-likeness (QED) is 0.353. The minimum absolute atomic E-state index is 0.404. The Balaban J connectivity index is 2.93. The second kappa shape index (κ2) is 15.5. The van der Waals surface area contributed by atoms with Crippen LogP contribution in [0.2, 0.25) is 0 Å². The van der Waals surface area contributed by atoms with Crippen molar-refractivity contribution in [2.45, 2.75) is 103 Å². The van der Waals surface area contributed by atoms with Crippen molar-refractivity contribution in [2.75, 3.05) is 0 Å². The lowest BCUT2D eigenvalue weighted by molar-refractivity contribution is -0.118. The van der Waals surface area contributed by atoms with Gasteiger partial charge in [0.25, 0.3) is 0 Å². The molecule has 1 radical (unpaired) electrons. The third kappa shape index (κ3) is 17.5. The molecule has 0 heterocycles. The van der Waals surface area contributed by atoms with Crippen molar-refractivity contribution in [3.63, 3.8) is 0 Å². The molecule has 0 rings (SSSR count). The molecule has 0 aromatic rings. The molecular formula is C17H34NO. The zero-order valence-electron chi connectivity index (χ0n) is 13.0. The van der Waals surface area contributed by atoms with E-state index in [4.69, 9.17) is 5.73 Å². The van der Waals surface area contributed by atoms with Crippen LogP contribution >= 0.6 is 0 Å². The van der Waals surface area contributed by atoms with Crippen molar-refractivity contribution in [1.82, 2.24) is 5.73 Å². The molecule has 2 nitrogen and oxygen atoms in total. The van der Waals surface area contributed by atoms with E-state index >= 15 is 0 Å². The van der Waals surface area contributed by atoms with Crippen LogP contribution in [-0.4, -0.2) is 5.91 Å². The summed E-state index contributed by atoms with van der Waals surface area (Å²) in [6.07, 6.45) is 19.1. The van der Waals surface area contributed by atoms with Crippen LogP contribution in [0.3, 0.4) is 0 Å². The summed E-state index contributed by atoms with van der Waals surface area (Å²) in [4.78, 5) is 10.4. The Bertz CT molecular complexity index is 192. The van der Waals surface area contributed by atoms with Gasteiger partial charge in [0.1, 0.15) is 0 Å². The van der Waals surface area contributed by atoms with Gasteiger partial charge in [0.2, 0.25) is 5.91 Å². The Hall–Kier alpha value is -0.530. The van der Waals surface area contributed by atoms with Crippen molar-refractivity contribution in [2.24, 2.45) is 0 Å². The molecule has 1 amide bonds. The van der Waals surface area contributed by atoms with Gasteiger partial charge in [0, 0.05) is 6.42 Å². The molecule has 0 bridgehead atoms. The van der Waals surface area contributed by atoms with E-state index in [9.17, 15) is 4.79 Å². The van der Waals surface area contributed by atoms with Crippen LogP contribution in [0.5, 0.6) is 0 Å². The first-order valence-electron chi connectivity index (χ1n) is 8.51. The zero-order chi connectivity index (χ0) is 14.2. The molecule has 0 spiro atoms. The normalized spacial score (nSPS) is 10.8. The van der Waals surface area contributed by atoms with Gasteiger partial charge < -0.3 is 0 Å². The molecule has 0 saturated heterocycles. The third-order valence-electron chi connectivity index (χ3n) is 3.76. The Morgan fingerprint density at radius 2 is 0.947 bits per heavy atom. The van der Waals surface area contributed by atoms with Gasteiger partial charge in [-0.15, -0.1) is 0 Å². The molecule has 0 atom stereocenters. The molecule has 2 heteroatoms. The van der Waals surface area contributed by atoms with Crippen molar-refractivity contribution in [3.8, 4) is 0 Å². The number of hydrogen-bond donors (Lipinski definition) is 0. The minimum Gasteiger partial charge on any atom is -0.273 e. The fourth-order valence-corrected chi connectivity index (χ4v) is 2.48. The average molecular weight is 268 g/mol. The van der Waals surface area contributed by atoms with Crippen molar-refractivity contribution in [3.05, 3.63) is 0 Å². The molecule has 0 aliphatic heterocycles. The van der Waals surface area contributed by atoms with Gasteiger partial charge in [-0.3, -0.25) is 10.5 Å². The summed E-state index contributed by atoms with van der Waals surface area (Å²) in [5.74, 6) is -0.404. The van der Waals surface area contributed by atoms with Crippen molar-refractivity contribution in [1.29, 1.82) is 0 Å². The standard InChI is InChI=1S/C17H34NO/c1-2-3-4-5-6-7-8-9-10-11-12-13-14-15-16-17(18)19/h18H,2-16H2,1H3. The highest BCUT2D eigenvalue weighted by Gasteiger charge is 1.96. The number of hydrogen-bond acceptors (Lipinski definition) is 1. The lowest BCUT2D eigenvalue weighted by Crippen LogP contribution is -1.96. The van der Waals surface area contributed by atoms with E-state index in [0.717, 1.165) is 12.8 Å². The maximum absolute atomic E-state index is 10.4. The summed E-state index contributed by atoms with van der Waals surface area (Å²) in [5.41, 5.74) is 6.80. The van der Waals surface area contributed by atoms with Gasteiger partial charge in [-0.2, -0.15) is 0 Å². The number of unbranched alkanes of at least 4 members (excludes halogenated alkanes) is 13. The average Bonchev–Trinajstić information content (AvgIpc) is 2.39. The second-order valence-electron chi connectivity index (χ2n) is 5.77. The summed E-state index contributed by atoms with van der Waals surface area (Å²) >= 11 is 0. The van der Waals surface area contributed by atoms with Crippen LogP contribution in [0.1, 0.15) is 103 Å². The lowest BCUT2D eigenvalue weighted by Gasteiger charge is -2.02. The fraction of sp³-hybridized carbons (Fsp3) is 0.941. The maximum Gasteiger partial charge on any atom is 0.238 e. The summed E-state index contributed by atoms with van der Waals surface area (Å²) < 4.78 is 0. The number of nitrogens with one attached hydrogen (secondary N) is 1. The Labute approximate surface area is 120 Å². The highest BCUT2D eigenvalue weighted by atomic mass is 16.1. The molecule has 19 heavy (non-hydrogen) atoms. The molecule has 0 aliphatic carbocycles. The Morgan fingerprint density at radius 1 is 0.632 bits per heavy atom. The van der Waals surface area contributed by atoms with Crippen LogP contribution in [0.15, 0.2) is 0 Å². The van der Waals surface area contributed by atoms with E-state index in [1.165, 1.54) is 77.0 Å². The largest absolute Gasteiger partial charge is 0.273 e. The van der Waals surface area contributed by atoms with E-state index in [-0.39, 0.29) is 0 Å². The fourth-order valence-electron chi connectivity index (χ4n) is 2.48. The molecule has 0 aromatic heterocycles. The summed E-state index contributed by atoms with van der Waals surface area (Å²) in [7, 11) is 0. The topological polar surface area (TPSA) is 40.9 Å². The summed E-state index contributed by atoms with van der Waals surface area (Å²) in [5, 5.41) is 0. The van der Waals surface area contributed by atoms with Crippen LogP contribution in [-0.2, 0) is 4.79 Å². The van der Waals surface area contributed by atoms with Crippen molar-refractivity contribution >= 4 is 5.91 Å². The first kappa shape index (κ1) is 18.5. The number of amides is 1. The number of carbonyl (C=O) groups excluding carboxylic acids is 1. The lowest BCUT2D eigenvalue weighted by atomic mass is 10.0. The number of carbonyl (C=O) groups is 1. The third-order valence-corrected chi connectivity index (χ3v) is 3.76. The maximum atomic E-state index is 10.4. The predicted molar refractivity (Wildman–Crippen MR) is 83.0 cm³/mol. The van der Waals surface area contributed by atoms with E-state index < -0.39 is 5.91 Å². The molecule has 0 aromatic carbocycles. The predicted octanol–water partition coefficient (Wildman–Crippen LogP) is 5.67. The van der Waals surface area contributed by atoms with Crippen molar-refractivity contribution < 1.29 is 4.79 Å². The van der Waals surface area contributed by atoms with Gasteiger partial charge in [-0.1, -0.05) is 90.4 Å². The van der Waals surface area contributed by atoms with Gasteiger partial charge in [-0.25, -0.2) is 0 Å². The molecule has 0 saturated carbocycles. The number of rotatable bonds is 15. The monoisotopic (exact) mass is 268 g/mol. The highest BCUT2D eigenvalue weighted by Crippen LogP contribution is 2.13. The van der Waals surface area contributed by atoms with E-state index in [1.807, 2.05) is 0 Å². The zero-order valence-corrected chi connectivity index (χ0v) is 13.0. The Kier molecular flexibility index (Phi) is 15.1. The van der Waals surface area contributed by atoms with Gasteiger partial charge in [0.15, 0.2) is 0 Å². The first-order chi connectivity index (χ1) is 9.27. The molecule has 113 valence electrons. The van der Waals surface area contributed by atoms with Crippen LogP contribution in [0.4, 0.5) is 0 Å². The van der Waals surface area contributed by atoms with Gasteiger partial charge in [-0.05, 0) is 6.42 Å². The van der Waals surface area contributed by atoms with Crippen LogP contribution in [0, 0.1) is 0 Å². The summed E-state index contributed by atoms with van der Waals surface area (Å²) in [6, 6.07) is 0. The highest BCUT2D eigenvalue weighted by molar-refractivity contribution is 5.72. The second-order valence-corrected chi connectivity index (χ2v) is 5.77. The van der Waals surface area contributed by atoms with E-state index in [2.05, 4.69) is 6.92 Å². The van der Waals surface area contributed by atoms with Crippen LogP contribution < -0.4 is 5.73 Å². The molecule has 1 N–H and O–H groups in total. The smallest absolute Gasteiger partial charge is 0.238 e. The van der Waals surface area contributed by atoms with E-state index in [1.54, 1.807) is 0 Å². The van der Waals surface area contributed by atoms with Crippen LogP contribution in [0.25, 0.3) is 0 Å². The summed E-state index contributed by atoms with van der Waals surface area (Å²) in [6.45, 7) is 2.27. The van der Waals surface area contributed by atoms with E-state index in [0.29, 0.717) is 6.42 Å². The molecular weight excluding hydrogens is 234 g/mol. The molecule has 0 fully saturated rings. The first-order valence-corrected chi connectivity index (χ1v) is 8.51. The molecule has 0 unspecified atom stereocenters. The Morgan fingerprint density at radius 3 is 1.26 bits per heavy atom. The molecule has 0 aliphatic rings.